The zero-order valence-corrected chi connectivity index (χ0v) is 34.6. The molecule has 6 aliphatic rings. The van der Waals surface area contributed by atoms with Crippen LogP contribution in [-0.4, -0.2) is 99.4 Å². The number of rotatable bonds is 6. The first-order chi connectivity index (χ1) is 28.6. The highest BCUT2D eigenvalue weighted by molar-refractivity contribution is 6.31. The second kappa shape index (κ2) is 14.5. The van der Waals surface area contributed by atoms with Crippen molar-refractivity contribution < 1.29 is 33.1 Å². The summed E-state index contributed by atoms with van der Waals surface area (Å²) in [5.74, 6) is 4.78. The molecule has 0 bridgehead atoms. The minimum atomic E-state index is -0.915. The molecule has 2 saturated heterocycles. The molecule has 60 heavy (non-hydrogen) atoms. The number of likely N-dealkylation sites (tertiary alicyclic amines) is 1. The predicted molar refractivity (Wildman–Crippen MR) is 218 cm³/mol. The number of carbonyl (C=O) groups is 5. The number of hydrogen-bond donors (Lipinski definition) is 0. The number of hydrogen-bond acceptors (Lipinski definition) is 10. The smallest absolute Gasteiger partial charge is 0.262 e. The Morgan fingerprint density at radius 2 is 1.62 bits per heavy atom. The lowest BCUT2D eigenvalue weighted by Gasteiger charge is -2.65. The van der Waals surface area contributed by atoms with E-state index >= 15 is 4.39 Å². The molecule has 1 unspecified atom stereocenters. The third kappa shape index (κ3) is 6.36. The van der Waals surface area contributed by atoms with Gasteiger partial charge in [-0.2, -0.15) is 5.26 Å². The Balaban J connectivity index is 0.796. The van der Waals surface area contributed by atoms with Gasteiger partial charge in [-0.15, -0.1) is 0 Å². The number of nitrogens with zero attached hydrogens (tertiary/aromatic N) is 6. The summed E-state index contributed by atoms with van der Waals surface area (Å²) in [5, 5.41) is 9.55. The van der Waals surface area contributed by atoms with E-state index in [1.165, 1.54) is 6.20 Å². The minimum absolute atomic E-state index is 0.0262. The highest BCUT2D eigenvalue weighted by Gasteiger charge is 2.67. The summed E-state index contributed by atoms with van der Waals surface area (Å²) in [4.78, 5) is 77.0. The molecule has 2 saturated carbocycles. The molecule has 1 aromatic heterocycles. The van der Waals surface area contributed by atoms with E-state index in [0.717, 1.165) is 36.8 Å². The molecule has 4 fully saturated rings. The summed E-state index contributed by atoms with van der Waals surface area (Å²) in [5.41, 5.74) is 1.33. The van der Waals surface area contributed by atoms with Crippen molar-refractivity contribution in [2.45, 2.75) is 90.6 Å². The topological polar surface area (TPSA) is 144 Å². The number of nitriles is 1. The minimum Gasteiger partial charge on any atom is -0.489 e. The average Bonchev–Trinajstić information content (AvgIpc) is 3.61. The number of ketones is 2. The van der Waals surface area contributed by atoms with Crippen molar-refractivity contribution in [3.05, 3.63) is 86.9 Å². The van der Waals surface area contributed by atoms with Gasteiger partial charge in [-0.1, -0.05) is 45.2 Å². The molecule has 0 radical (unpaired) electrons. The first-order valence-electron chi connectivity index (χ1n) is 20.5. The van der Waals surface area contributed by atoms with Crippen LogP contribution in [0.3, 0.4) is 0 Å². The number of anilines is 1. The predicted octanol–water partition coefficient (Wildman–Crippen LogP) is 5.82. The number of amides is 3. The molecule has 2 aliphatic carbocycles. The van der Waals surface area contributed by atoms with Gasteiger partial charge < -0.3 is 14.5 Å². The van der Waals surface area contributed by atoms with Crippen LogP contribution in [0, 0.1) is 45.7 Å². The maximum absolute atomic E-state index is 16.0. The fourth-order valence-electron chi connectivity index (χ4n) is 10.7. The van der Waals surface area contributed by atoms with Crippen molar-refractivity contribution in [1.29, 1.82) is 5.26 Å². The molecule has 12 nitrogen and oxygen atoms in total. The van der Waals surface area contributed by atoms with Gasteiger partial charge in [0, 0.05) is 97.8 Å². The fourth-order valence-corrected chi connectivity index (χ4v) is 11.0. The highest BCUT2D eigenvalue weighted by Crippen LogP contribution is 2.59. The Hall–Kier alpha value is -5.63. The van der Waals surface area contributed by atoms with Gasteiger partial charge in [-0.25, -0.2) is 9.37 Å². The molecule has 0 spiro atoms. The van der Waals surface area contributed by atoms with E-state index in [1.54, 1.807) is 35.2 Å². The first-order valence-corrected chi connectivity index (χ1v) is 20.9. The lowest BCUT2D eigenvalue weighted by molar-refractivity contribution is -0.199. The molecule has 4 aliphatic heterocycles. The standard InChI is InChI=1S/C46H44ClFN6O6/c1-45(2)43(46(3,4)44(45)60-30-12-9-26(18-49)35(47)17-30)53-24-34-33(40(53)57)19-50-36(39(34)48)14-8-25-20-51(21-25)28-22-52(23-28)27-10-13-31-32(16-27)42(59)54(41(31)58)37-15-11-29(55)6-5-7-38(37)56/h9-10,12-13,16-17,19,25,28,37,43-44H,5-7,11,15,20-24H2,1-4H3/t37?,43-,44-. The van der Waals surface area contributed by atoms with Crippen LogP contribution in [0.4, 0.5) is 10.1 Å². The van der Waals surface area contributed by atoms with Crippen LogP contribution >= 0.6 is 11.6 Å². The zero-order chi connectivity index (χ0) is 42.4. The molecule has 0 N–H and O–H groups in total. The number of ether oxygens (including phenoxy) is 1. The fraction of sp³-hybridized carbons (Fsp3) is 0.457. The molecule has 5 heterocycles. The third-order valence-corrected chi connectivity index (χ3v) is 13.8. The van der Waals surface area contributed by atoms with Gasteiger partial charge in [0.05, 0.1) is 39.9 Å². The van der Waals surface area contributed by atoms with Crippen LogP contribution in [0.15, 0.2) is 42.6 Å². The van der Waals surface area contributed by atoms with Gasteiger partial charge in [-0.3, -0.25) is 33.8 Å². The molecule has 3 aromatic rings. The summed E-state index contributed by atoms with van der Waals surface area (Å²) < 4.78 is 22.4. The maximum Gasteiger partial charge on any atom is 0.262 e. The normalized spacial score (nSPS) is 25.0. The van der Waals surface area contributed by atoms with Crippen LogP contribution in [0.5, 0.6) is 5.75 Å². The Morgan fingerprint density at radius 1 is 0.883 bits per heavy atom. The van der Waals surface area contributed by atoms with Crippen LogP contribution in [0.1, 0.15) is 108 Å². The molecule has 308 valence electrons. The Bertz CT molecular complexity index is 2490. The Labute approximate surface area is 352 Å². The SMILES string of the molecule is CC1(C)[C@H](Oc2ccc(C#N)c(Cl)c2)C(C)(C)[C@H]1N1Cc2c(cnc(C#CC3CN(C4CN(c5ccc6c(c5)C(=O)N(C5CCC(=O)CCCC5=O)C6=O)C4)C3)c2F)C1=O. The number of pyridine rings is 1. The molecule has 14 heteroatoms. The number of carbonyl (C=O) groups excluding carboxylic acids is 5. The van der Waals surface area contributed by atoms with Crippen molar-refractivity contribution in [1.82, 2.24) is 19.7 Å². The zero-order valence-electron chi connectivity index (χ0n) is 33.9. The van der Waals surface area contributed by atoms with Gasteiger partial charge in [0.1, 0.15) is 29.4 Å². The lowest BCUT2D eigenvalue weighted by Crippen LogP contribution is -2.74. The lowest BCUT2D eigenvalue weighted by atomic mass is 9.49. The van der Waals surface area contributed by atoms with Crippen molar-refractivity contribution in [2.75, 3.05) is 31.1 Å². The van der Waals surface area contributed by atoms with Gasteiger partial charge >= 0.3 is 0 Å². The van der Waals surface area contributed by atoms with Gasteiger partial charge in [-0.05, 0) is 49.1 Å². The molecule has 9 rings (SSSR count). The molecule has 3 amide bonds. The van der Waals surface area contributed by atoms with Crippen molar-refractivity contribution in [3.63, 3.8) is 0 Å². The molecular formula is C46H44ClFN6O6. The number of fused-ring (bicyclic) bond motifs is 2. The Kier molecular flexibility index (Phi) is 9.64. The van der Waals surface area contributed by atoms with Gasteiger partial charge in [0.2, 0.25) is 0 Å². The second-order valence-corrected chi connectivity index (χ2v) is 18.6. The summed E-state index contributed by atoms with van der Waals surface area (Å²) in [6, 6.07) is 11.3. The van der Waals surface area contributed by atoms with Crippen LogP contribution in [-0.2, 0) is 16.1 Å². The van der Waals surface area contributed by atoms with E-state index in [4.69, 9.17) is 16.3 Å². The third-order valence-electron chi connectivity index (χ3n) is 13.5. The van der Waals surface area contributed by atoms with Crippen molar-refractivity contribution in [3.8, 4) is 23.7 Å². The van der Waals surface area contributed by atoms with Crippen molar-refractivity contribution in [2.24, 2.45) is 16.7 Å². The quantitative estimate of drug-likeness (QED) is 0.220. The van der Waals surface area contributed by atoms with E-state index < -0.39 is 34.5 Å². The summed E-state index contributed by atoms with van der Waals surface area (Å²) in [7, 11) is 0. The van der Waals surface area contributed by atoms with Crippen molar-refractivity contribution >= 4 is 46.6 Å². The number of halogens is 2. The number of aromatic nitrogens is 1. The number of imide groups is 1. The van der Waals surface area contributed by atoms with E-state index in [9.17, 15) is 29.2 Å². The monoisotopic (exact) mass is 830 g/mol. The Morgan fingerprint density at radius 3 is 2.33 bits per heavy atom. The average molecular weight is 831 g/mol. The first kappa shape index (κ1) is 39.8. The van der Waals surface area contributed by atoms with Crippen LogP contribution in [0.25, 0.3) is 0 Å². The summed E-state index contributed by atoms with van der Waals surface area (Å²) >= 11 is 6.26. The molecular weight excluding hydrogens is 787 g/mol. The summed E-state index contributed by atoms with van der Waals surface area (Å²) in [6.45, 7) is 11.1. The second-order valence-electron chi connectivity index (χ2n) is 18.1. The van der Waals surface area contributed by atoms with E-state index in [1.807, 2.05) is 33.8 Å². The van der Waals surface area contributed by atoms with Gasteiger partial charge in [0.25, 0.3) is 17.7 Å². The largest absolute Gasteiger partial charge is 0.489 e. The van der Waals surface area contributed by atoms with Crippen LogP contribution < -0.4 is 9.64 Å². The summed E-state index contributed by atoms with van der Waals surface area (Å²) in [6.07, 6.45) is 2.44. The molecule has 1 atom stereocenters. The van der Waals surface area contributed by atoms with E-state index in [0.29, 0.717) is 34.7 Å². The number of Topliss-reactive ketones (excluding diaryl/α,β-unsaturated/α-hetero) is 2. The number of benzene rings is 2. The van der Waals surface area contributed by atoms with Gasteiger partial charge in [0.15, 0.2) is 11.6 Å². The molecule has 2 aromatic carbocycles. The van der Waals surface area contributed by atoms with E-state index in [-0.39, 0.29) is 89.8 Å². The van der Waals surface area contributed by atoms with Crippen LogP contribution in [0.2, 0.25) is 5.02 Å². The maximum atomic E-state index is 16.0. The highest BCUT2D eigenvalue weighted by atomic mass is 35.5. The van der Waals surface area contributed by atoms with E-state index in [2.05, 4.69) is 32.7 Å².